The maximum Gasteiger partial charge on any atom is 0.407 e. The summed E-state index contributed by atoms with van der Waals surface area (Å²) in [6.07, 6.45) is 1.78. The number of likely N-dealkylation sites (tertiary alicyclic amines) is 1. The number of amides is 2. The van der Waals surface area contributed by atoms with Gasteiger partial charge in [-0.2, -0.15) is 0 Å². The molecule has 0 radical (unpaired) electrons. The molecule has 174 valence electrons. The van der Waals surface area contributed by atoms with Crippen molar-refractivity contribution in [2.45, 2.75) is 65.1 Å². The molecule has 1 heterocycles. The van der Waals surface area contributed by atoms with Crippen LogP contribution in [0.2, 0.25) is 0 Å². The zero-order valence-corrected chi connectivity index (χ0v) is 21.5. The summed E-state index contributed by atoms with van der Waals surface area (Å²) in [7, 11) is 1.75. The van der Waals surface area contributed by atoms with E-state index in [9.17, 15) is 9.59 Å². The first-order chi connectivity index (χ1) is 14.2. The summed E-state index contributed by atoms with van der Waals surface area (Å²) in [5.74, 6) is 0.808. The normalized spacial score (nSPS) is 16.4. The number of aliphatic imine (C=N–C) groups is 1. The highest BCUT2D eigenvalue weighted by Gasteiger charge is 2.27. The summed E-state index contributed by atoms with van der Waals surface area (Å²) in [5, 5.41) is 9.21. The molecular weight excluding hydrogens is 509 g/mol. The third-order valence-electron chi connectivity index (χ3n) is 4.56. The van der Waals surface area contributed by atoms with E-state index in [-0.39, 0.29) is 42.0 Å². The Morgan fingerprint density at radius 1 is 1.29 bits per heavy atom. The Kier molecular flexibility index (Phi) is 11.1. The van der Waals surface area contributed by atoms with Crippen LogP contribution in [-0.4, -0.2) is 54.6 Å². The number of carbonyl (C=O) groups excluding carboxylic acids is 2. The minimum atomic E-state index is -0.509. The first kappa shape index (κ1) is 27.0. The first-order valence-corrected chi connectivity index (χ1v) is 10.5. The summed E-state index contributed by atoms with van der Waals surface area (Å²) < 4.78 is 5.34. The molecule has 1 saturated heterocycles. The van der Waals surface area contributed by atoms with E-state index in [1.807, 2.05) is 52.0 Å². The van der Waals surface area contributed by atoms with Crippen molar-refractivity contribution in [2.75, 3.05) is 25.5 Å². The van der Waals surface area contributed by atoms with Crippen LogP contribution in [0.5, 0.6) is 0 Å². The lowest BCUT2D eigenvalue weighted by Crippen LogP contribution is -2.44. The van der Waals surface area contributed by atoms with E-state index in [2.05, 4.69) is 25.8 Å². The van der Waals surface area contributed by atoms with Crippen LogP contribution in [0.25, 0.3) is 0 Å². The molecule has 9 heteroatoms. The van der Waals surface area contributed by atoms with E-state index in [0.717, 1.165) is 36.6 Å². The third kappa shape index (κ3) is 9.75. The second kappa shape index (κ2) is 12.7. The summed E-state index contributed by atoms with van der Waals surface area (Å²) in [6, 6.07) is 7.81. The largest absolute Gasteiger partial charge is 0.444 e. The van der Waals surface area contributed by atoms with Crippen LogP contribution in [0.15, 0.2) is 29.3 Å². The summed E-state index contributed by atoms with van der Waals surface area (Å²) in [4.78, 5) is 30.3. The molecule has 1 atom stereocenters. The second-order valence-corrected chi connectivity index (χ2v) is 8.48. The average molecular weight is 545 g/mol. The van der Waals surface area contributed by atoms with Crippen molar-refractivity contribution in [3.05, 3.63) is 29.8 Å². The number of carbonyl (C=O) groups is 2. The monoisotopic (exact) mass is 545 g/mol. The van der Waals surface area contributed by atoms with Crippen molar-refractivity contribution in [3.63, 3.8) is 0 Å². The SMILES string of the molecule is CCCC(=O)Nc1cccc(CNC(=NC)N2CCC(NC(=O)OC(C)(C)C)C2)c1.I. The molecular formula is C22H36IN5O3. The van der Waals surface area contributed by atoms with Crippen molar-refractivity contribution in [1.29, 1.82) is 0 Å². The van der Waals surface area contributed by atoms with Gasteiger partial charge in [-0.3, -0.25) is 9.79 Å². The van der Waals surface area contributed by atoms with Gasteiger partial charge in [-0.15, -0.1) is 24.0 Å². The third-order valence-corrected chi connectivity index (χ3v) is 4.56. The molecule has 2 rings (SSSR count). The Morgan fingerprint density at radius 3 is 2.68 bits per heavy atom. The topological polar surface area (TPSA) is 95.1 Å². The number of guanidine groups is 1. The number of halogens is 1. The predicted octanol–water partition coefficient (Wildman–Crippen LogP) is 3.72. The Bertz CT molecular complexity index is 764. The molecule has 3 N–H and O–H groups in total. The van der Waals surface area contributed by atoms with E-state index in [4.69, 9.17) is 4.74 Å². The highest BCUT2D eigenvalue weighted by Crippen LogP contribution is 2.14. The number of ether oxygens (including phenoxy) is 1. The molecule has 0 aromatic heterocycles. The van der Waals surface area contributed by atoms with Crippen LogP contribution in [0.3, 0.4) is 0 Å². The van der Waals surface area contributed by atoms with Crippen molar-refractivity contribution in [2.24, 2.45) is 4.99 Å². The molecule has 1 fully saturated rings. The zero-order valence-electron chi connectivity index (χ0n) is 19.2. The molecule has 2 amide bonds. The lowest BCUT2D eigenvalue weighted by atomic mass is 10.2. The second-order valence-electron chi connectivity index (χ2n) is 8.48. The van der Waals surface area contributed by atoms with Gasteiger partial charge in [-0.1, -0.05) is 19.1 Å². The van der Waals surface area contributed by atoms with Crippen LogP contribution in [-0.2, 0) is 16.1 Å². The van der Waals surface area contributed by atoms with Gasteiger partial charge in [0.05, 0.1) is 6.04 Å². The highest BCUT2D eigenvalue weighted by molar-refractivity contribution is 14.0. The van der Waals surface area contributed by atoms with Gasteiger partial charge in [-0.25, -0.2) is 4.79 Å². The number of rotatable bonds is 6. The van der Waals surface area contributed by atoms with Gasteiger partial charge in [0.2, 0.25) is 5.91 Å². The zero-order chi connectivity index (χ0) is 22.1. The average Bonchev–Trinajstić information content (AvgIpc) is 3.09. The van der Waals surface area contributed by atoms with Gasteiger partial charge in [-0.05, 0) is 51.3 Å². The van der Waals surface area contributed by atoms with E-state index < -0.39 is 5.60 Å². The van der Waals surface area contributed by atoms with Crippen molar-refractivity contribution < 1.29 is 14.3 Å². The van der Waals surface area contributed by atoms with Crippen LogP contribution in [0.1, 0.15) is 52.5 Å². The van der Waals surface area contributed by atoms with Gasteiger partial charge in [0, 0.05) is 38.8 Å². The number of nitrogens with one attached hydrogen (secondary N) is 3. The van der Waals surface area contributed by atoms with E-state index in [1.54, 1.807) is 7.05 Å². The fraction of sp³-hybridized carbons (Fsp3) is 0.591. The molecule has 1 aromatic carbocycles. The molecule has 31 heavy (non-hydrogen) atoms. The molecule has 0 bridgehead atoms. The lowest BCUT2D eigenvalue weighted by Gasteiger charge is -2.23. The van der Waals surface area contributed by atoms with Gasteiger partial charge < -0.3 is 25.6 Å². The number of nitrogens with zero attached hydrogens (tertiary/aromatic N) is 2. The summed E-state index contributed by atoms with van der Waals surface area (Å²) >= 11 is 0. The quantitative estimate of drug-likeness (QED) is 0.288. The van der Waals surface area contributed by atoms with Crippen molar-refractivity contribution in [1.82, 2.24) is 15.5 Å². The fourth-order valence-electron chi connectivity index (χ4n) is 3.27. The molecule has 1 aliphatic heterocycles. The smallest absolute Gasteiger partial charge is 0.407 e. The summed E-state index contributed by atoms with van der Waals surface area (Å²) in [6.45, 7) is 9.60. The van der Waals surface area contributed by atoms with Crippen LogP contribution >= 0.6 is 24.0 Å². The molecule has 8 nitrogen and oxygen atoms in total. The molecule has 1 unspecified atom stereocenters. The van der Waals surface area contributed by atoms with Gasteiger partial charge in [0.1, 0.15) is 5.60 Å². The Balaban J connectivity index is 0.00000480. The standard InChI is InChI=1S/C22H35N5O3.HI/c1-6-8-19(28)25-17-10-7-9-16(13-17)14-24-20(23-5)27-12-11-18(15-27)26-21(29)30-22(2,3)4;/h7,9-10,13,18H,6,8,11-12,14-15H2,1-5H3,(H,23,24)(H,25,28)(H,26,29);1H. The van der Waals surface area contributed by atoms with Crippen LogP contribution in [0.4, 0.5) is 10.5 Å². The number of hydrogen-bond donors (Lipinski definition) is 3. The Morgan fingerprint density at radius 2 is 2.03 bits per heavy atom. The molecule has 1 aliphatic rings. The van der Waals surface area contributed by atoms with E-state index >= 15 is 0 Å². The molecule has 0 spiro atoms. The molecule has 1 aromatic rings. The van der Waals surface area contributed by atoms with Crippen molar-refractivity contribution >= 4 is 47.6 Å². The number of anilines is 1. The van der Waals surface area contributed by atoms with Crippen LogP contribution in [0, 0.1) is 0 Å². The lowest BCUT2D eigenvalue weighted by molar-refractivity contribution is -0.116. The number of benzene rings is 1. The van der Waals surface area contributed by atoms with Gasteiger partial charge in [0.25, 0.3) is 0 Å². The van der Waals surface area contributed by atoms with E-state index in [0.29, 0.717) is 19.5 Å². The minimum Gasteiger partial charge on any atom is -0.444 e. The number of alkyl carbamates (subject to hydrolysis) is 1. The number of hydrogen-bond acceptors (Lipinski definition) is 4. The predicted molar refractivity (Wildman–Crippen MR) is 135 cm³/mol. The first-order valence-electron chi connectivity index (χ1n) is 10.5. The fourth-order valence-corrected chi connectivity index (χ4v) is 3.27. The van der Waals surface area contributed by atoms with Crippen molar-refractivity contribution in [3.8, 4) is 0 Å². The van der Waals surface area contributed by atoms with Gasteiger partial charge >= 0.3 is 6.09 Å². The maximum atomic E-state index is 12.0. The molecule has 0 saturated carbocycles. The minimum absolute atomic E-state index is 0. The van der Waals surface area contributed by atoms with E-state index in [1.165, 1.54) is 0 Å². The van der Waals surface area contributed by atoms with Gasteiger partial charge in [0.15, 0.2) is 5.96 Å². The maximum absolute atomic E-state index is 12.0. The molecule has 0 aliphatic carbocycles. The Labute approximate surface area is 202 Å². The Hall–Kier alpha value is -2.04. The highest BCUT2D eigenvalue weighted by atomic mass is 127. The van der Waals surface area contributed by atoms with Crippen LogP contribution < -0.4 is 16.0 Å². The summed E-state index contributed by atoms with van der Waals surface area (Å²) in [5.41, 5.74) is 1.34.